The number of fused-ring (bicyclic) bond motifs is 1. The minimum Gasteiger partial charge on any atom is -0.240 e. The van der Waals surface area contributed by atoms with Gasteiger partial charge in [0.05, 0.1) is 19.8 Å². The molecule has 0 atom stereocenters. The Morgan fingerprint density at radius 3 is 2.50 bits per heavy atom. The maximum atomic E-state index is 6.35. The quantitative estimate of drug-likeness (QED) is 0.571. The monoisotopic (exact) mass is 293 g/mol. The second-order valence-corrected chi connectivity index (χ2v) is 5.99. The Morgan fingerprint density at radius 2 is 1.78 bits per heavy atom. The number of hydrogen-bond acceptors (Lipinski definition) is 2. The summed E-state index contributed by atoms with van der Waals surface area (Å²) >= 11 is 14.3. The van der Waals surface area contributed by atoms with E-state index in [0.717, 1.165) is 26.4 Å². The van der Waals surface area contributed by atoms with Gasteiger partial charge in [-0.05, 0) is 18.6 Å². The van der Waals surface area contributed by atoms with Gasteiger partial charge in [0.15, 0.2) is 0 Å². The van der Waals surface area contributed by atoms with Crippen LogP contribution in [0, 0.1) is 6.92 Å². The summed E-state index contributed by atoms with van der Waals surface area (Å²) < 4.78 is 1.07. The van der Waals surface area contributed by atoms with E-state index >= 15 is 0 Å². The first-order valence-corrected chi connectivity index (χ1v) is 7.04. The van der Waals surface area contributed by atoms with E-state index in [-0.39, 0.29) is 0 Å². The molecule has 0 unspecified atom stereocenters. The molecule has 4 heteroatoms. The van der Waals surface area contributed by atoms with Gasteiger partial charge in [0.1, 0.15) is 5.52 Å². The first kappa shape index (κ1) is 12.0. The lowest BCUT2D eigenvalue weighted by Crippen LogP contribution is -1.82. The van der Waals surface area contributed by atoms with E-state index in [2.05, 4.69) is 11.1 Å². The van der Waals surface area contributed by atoms with Crippen molar-refractivity contribution in [2.75, 3.05) is 0 Å². The van der Waals surface area contributed by atoms with E-state index in [1.54, 1.807) is 11.3 Å². The molecule has 3 rings (SSSR count). The van der Waals surface area contributed by atoms with Crippen molar-refractivity contribution in [1.29, 1.82) is 0 Å². The van der Waals surface area contributed by atoms with E-state index < -0.39 is 0 Å². The molecule has 0 aliphatic rings. The lowest BCUT2D eigenvalue weighted by Gasteiger charge is -2.06. The molecule has 3 aromatic rings. The maximum absolute atomic E-state index is 6.35. The molecule has 0 spiro atoms. The molecule has 0 saturated carbocycles. The topological polar surface area (TPSA) is 12.9 Å². The highest BCUT2D eigenvalue weighted by molar-refractivity contribution is 7.18. The number of benzene rings is 2. The Hall–Kier alpha value is -1.09. The van der Waals surface area contributed by atoms with Gasteiger partial charge in [-0.15, -0.1) is 11.3 Å². The van der Waals surface area contributed by atoms with Crippen LogP contribution in [0.5, 0.6) is 0 Å². The van der Waals surface area contributed by atoms with E-state index in [4.69, 9.17) is 23.2 Å². The average molecular weight is 294 g/mol. The summed E-state index contributed by atoms with van der Waals surface area (Å²) in [7, 11) is 0. The fraction of sp³-hybridized carbons (Fsp3) is 0.0714. The minimum atomic E-state index is 0.539. The van der Waals surface area contributed by atoms with Crippen LogP contribution in [-0.2, 0) is 0 Å². The molecule has 1 aromatic heterocycles. The molecular formula is C14H9Cl2NS. The third kappa shape index (κ3) is 1.91. The van der Waals surface area contributed by atoms with E-state index in [1.165, 1.54) is 0 Å². The van der Waals surface area contributed by atoms with Crippen LogP contribution < -0.4 is 0 Å². The third-order valence-corrected chi connectivity index (χ3v) is 4.53. The van der Waals surface area contributed by atoms with Crippen LogP contribution in [0.15, 0.2) is 36.4 Å². The second-order valence-electron chi connectivity index (χ2n) is 4.00. The van der Waals surface area contributed by atoms with Crippen molar-refractivity contribution in [3.05, 3.63) is 51.5 Å². The van der Waals surface area contributed by atoms with Crippen LogP contribution in [0.3, 0.4) is 0 Å². The van der Waals surface area contributed by atoms with Gasteiger partial charge in [0.25, 0.3) is 0 Å². The summed E-state index contributed by atoms with van der Waals surface area (Å²) in [4.78, 5) is 4.41. The molecule has 0 fully saturated rings. The SMILES string of the molecule is Cc1nc2c(Cl)c(Cl)c(-c3ccccc3)cc2s1. The van der Waals surface area contributed by atoms with Crippen molar-refractivity contribution in [3.8, 4) is 11.1 Å². The Bertz CT molecular complexity index is 719. The summed E-state index contributed by atoms with van der Waals surface area (Å²) in [6.07, 6.45) is 0. The van der Waals surface area contributed by atoms with Crippen molar-refractivity contribution in [3.63, 3.8) is 0 Å². The third-order valence-electron chi connectivity index (χ3n) is 2.76. The van der Waals surface area contributed by atoms with E-state index in [9.17, 15) is 0 Å². The molecule has 0 radical (unpaired) electrons. The van der Waals surface area contributed by atoms with Crippen molar-refractivity contribution in [1.82, 2.24) is 4.98 Å². The van der Waals surface area contributed by atoms with Gasteiger partial charge in [-0.3, -0.25) is 0 Å². The second kappa shape index (κ2) is 4.54. The molecule has 0 amide bonds. The maximum Gasteiger partial charge on any atom is 0.102 e. The fourth-order valence-corrected chi connectivity index (χ4v) is 3.37. The molecule has 0 saturated heterocycles. The lowest BCUT2D eigenvalue weighted by atomic mass is 10.1. The predicted octanol–water partition coefficient (Wildman–Crippen LogP) is 5.58. The van der Waals surface area contributed by atoms with Crippen LogP contribution in [0.25, 0.3) is 21.3 Å². The predicted molar refractivity (Wildman–Crippen MR) is 79.8 cm³/mol. The molecule has 1 heterocycles. The summed E-state index contributed by atoms with van der Waals surface area (Å²) in [5.74, 6) is 0. The minimum absolute atomic E-state index is 0.539. The molecule has 0 aliphatic heterocycles. The van der Waals surface area contributed by atoms with Gasteiger partial charge >= 0.3 is 0 Å². The van der Waals surface area contributed by atoms with Crippen molar-refractivity contribution in [2.24, 2.45) is 0 Å². The zero-order valence-electron chi connectivity index (χ0n) is 9.58. The number of nitrogens with zero attached hydrogens (tertiary/aromatic N) is 1. The number of rotatable bonds is 1. The van der Waals surface area contributed by atoms with E-state index in [1.807, 2.05) is 37.3 Å². The zero-order valence-corrected chi connectivity index (χ0v) is 11.9. The van der Waals surface area contributed by atoms with Crippen molar-refractivity contribution < 1.29 is 0 Å². The van der Waals surface area contributed by atoms with Crippen LogP contribution >= 0.6 is 34.5 Å². The number of aryl methyl sites for hydroxylation is 1. The summed E-state index contributed by atoms with van der Waals surface area (Å²) in [6.45, 7) is 1.97. The highest BCUT2D eigenvalue weighted by Gasteiger charge is 2.14. The Morgan fingerprint density at radius 1 is 1.06 bits per heavy atom. The zero-order chi connectivity index (χ0) is 12.7. The largest absolute Gasteiger partial charge is 0.240 e. The van der Waals surface area contributed by atoms with Gasteiger partial charge in [-0.1, -0.05) is 53.5 Å². The van der Waals surface area contributed by atoms with Gasteiger partial charge < -0.3 is 0 Å². The summed E-state index contributed by atoms with van der Waals surface area (Å²) in [5.41, 5.74) is 2.82. The van der Waals surface area contributed by atoms with Crippen LogP contribution in [0.2, 0.25) is 10.0 Å². The highest BCUT2D eigenvalue weighted by Crippen LogP contribution is 2.40. The summed E-state index contributed by atoms with van der Waals surface area (Å²) in [5, 5.41) is 2.10. The first-order chi connectivity index (χ1) is 8.66. The van der Waals surface area contributed by atoms with Crippen molar-refractivity contribution in [2.45, 2.75) is 6.92 Å². The molecule has 2 aromatic carbocycles. The van der Waals surface area contributed by atoms with Crippen LogP contribution in [0.1, 0.15) is 5.01 Å². The molecule has 0 N–H and O–H groups in total. The van der Waals surface area contributed by atoms with Crippen LogP contribution in [0.4, 0.5) is 0 Å². The highest BCUT2D eigenvalue weighted by atomic mass is 35.5. The first-order valence-electron chi connectivity index (χ1n) is 5.47. The van der Waals surface area contributed by atoms with Gasteiger partial charge in [0, 0.05) is 5.56 Å². The normalized spacial score (nSPS) is 11.1. The van der Waals surface area contributed by atoms with E-state index in [0.29, 0.717) is 10.0 Å². The Labute approximate surface area is 119 Å². The van der Waals surface area contributed by atoms with Gasteiger partial charge in [-0.25, -0.2) is 4.98 Å². The Kier molecular flexibility index (Phi) is 3.02. The van der Waals surface area contributed by atoms with Gasteiger partial charge in [0.2, 0.25) is 0 Å². The van der Waals surface area contributed by atoms with Crippen molar-refractivity contribution >= 4 is 44.8 Å². The molecule has 18 heavy (non-hydrogen) atoms. The van der Waals surface area contributed by atoms with Crippen LogP contribution in [-0.4, -0.2) is 4.98 Å². The standard InChI is InChI=1S/C14H9Cl2NS/c1-8-17-14-11(18-8)7-10(12(15)13(14)16)9-5-3-2-4-6-9/h2-7H,1H3. The fourth-order valence-electron chi connectivity index (χ4n) is 1.94. The number of aromatic nitrogens is 1. The number of hydrogen-bond donors (Lipinski definition) is 0. The Balaban J connectivity index is 2.34. The molecule has 0 aliphatic carbocycles. The number of thiazole rings is 1. The average Bonchev–Trinajstić information content (AvgIpc) is 2.76. The molecular weight excluding hydrogens is 285 g/mol. The molecule has 90 valence electrons. The molecule has 1 nitrogen and oxygen atoms in total. The summed E-state index contributed by atoms with van der Waals surface area (Å²) in [6, 6.07) is 12.1. The number of halogens is 2. The molecule has 0 bridgehead atoms. The van der Waals surface area contributed by atoms with Gasteiger partial charge in [-0.2, -0.15) is 0 Å². The lowest BCUT2D eigenvalue weighted by molar-refractivity contribution is 1.35. The smallest absolute Gasteiger partial charge is 0.102 e.